The van der Waals surface area contributed by atoms with Crippen LogP contribution >= 0.6 is 0 Å². The van der Waals surface area contributed by atoms with Gasteiger partial charge < -0.3 is 15.5 Å². The van der Waals surface area contributed by atoms with Crippen molar-refractivity contribution in [2.24, 2.45) is 10.7 Å². The monoisotopic (exact) mass is 431 g/mol. The van der Waals surface area contributed by atoms with Gasteiger partial charge in [0.15, 0.2) is 11.5 Å². The van der Waals surface area contributed by atoms with Gasteiger partial charge in [-0.15, -0.1) is 0 Å². The molecule has 0 saturated carbocycles. The Labute approximate surface area is 173 Å². The number of likely N-dealkylation sites (N-methyl/N-ethyl adjacent to an activating group) is 1. The Hall–Kier alpha value is -3.05. The first kappa shape index (κ1) is 20.2. The summed E-state index contributed by atoms with van der Waals surface area (Å²) < 4.78 is 41.9. The number of rotatable bonds is 3. The van der Waals surface area contributed by atoms with Crippen LogP contribution in [0.25, 0.3) is 5.65 Å². The molecule has 0 aliphatic carbocycles. The molecule has 0 bridgehead atoms. The number of hydrogen-bond donors (Lipinski definition) is 2. The molecule has 3 N–H and O–H groups in total. The second-order valence-corrected chi connectivity index (χ2v) is 10.2. The highest BCUT2D eigenvalue weighted by Crippen LogP contribution is 2.32. The minimum atomic E-state index is -3.74. The highest BCUT2D eigenvalue weighted by Gasteiger charge is 2.44. The Morgan fingerprint density at radius 1 is 1.23 bits per heavy atom. The highest BCUT2D eigenvalue weighted by molar-refractivity contribution is 7.91. The van der Waals surface area contributed by atoms with Gasteiger partial charge in [0.1, 0.15) is 16.4 Å². The van der Waals surface area contributed by atoms with Gasteiger partial charge in [0.25, 0.3) is 0 Å². The van der Waals surface area contributed by atoms with E-state index >= 15 is 0 Å². The normalized spacial score (nSPS) is 21.2. The molecular formula is C19H22FN7O2S. The molecule has 3 heterocycles. The zero-order chi connectivity index (χ0) is 21.7. The summed E-state index contributed by atoms with van der Waals surface area (Å²) in [5, 5.41) is 3.14. The number of aliphatic imine (C=N–C) groups is 1. The number of aromatic nitrogens is 3. The molecule has 30 heavy (non-hydrogen) atoms. The SMILES string of the molecule is CN1CC(c2cc(Nc3nccn4ccnc34)ccc2F)N=C(N)C(C)(C)S1(=O)=O. The first-order chi connectivity index (χ1) is 14.1. The van der Waals surface area contributed by atoms with E-state index in [1.807, 2.05) is 0 Å². The zero-order valence-corrected chi connectivity index (χ0v) is 17.6. The van der Waals surface area contributed by atoms with E-state index < -0.39 is 26.6 Å². The first-order valence-corrected chi connectivity index (χ1v) is 10.7. The summed E-state index contributed by atoms with van der Waals surface area (Å²) in [7, 11) is -2.29. The lowest BCUT2D eigenvalue weighted by molar-refractivity contribution is 0.432. The first-order valence-electron chi connectivity index (χ1n) is 9.25. The third-order valence-electron chi connectivity index (χ3n) is 5.33. The molecule has 0 spiro atoms. The maximum atomic E-state index is 14.7. The molecule has 1 aromatic carbocycles. The molecule has 0 amide bonds. The third-order valence-corrected chi connectivity index (χ3v) is 7.79. The Bertz CT molecular complexity index is 1250. The number of nitrogens with one attached hydrogen (secondary N) is 1. The van der Waals surface area contributed by atoms with Crippen molar-refractivity contribution >= 4 is 33.0 Å². The van der Waals surface area contributed by atoms with Crippen LogP contribution in [0.15, 0.2) is 48.0 Å². The third kappa shape index (κ3) is 3.19. The van der Waals surface area contributed by atoms with E-state index in [1.165, 1.54) is 31.3 Å². The highest BCUT2D eigenvalue weighted by atomic mass is 32.2. The largest absolute Gasteiger partial charge is 0.386 e. The van der Waals surface area contributed by atoms with Crippen LogP contribution in [0.4, 0.5) is 15.9 Å². The predicted molar refractivity (Wildman–Crippen MR) is 113 cm³/mol. The average Bonchev–Trinajstić information content (AvgIpc) is 3.16. The van der Waals surface area contributed by atoms with Gasteiger partial charge >= 0.3 is 0 Å². The Morgan fingerprint density at radius 2 is 1.93 bits per heavy atom. The van der Waals surface area contributed by atoms with Crippen molar-refractivity contribution < 1.29 is 12.8 Å². The van der Waals surface area contributed by atoms with Gasteiger partial charge in [0.05, 0.1) is 6.04 Å². The summed E-state index contributed by atoms with van der Waals surface area (Å²) in [5.41, 5.74) is 7.45. The van der Waals surface area contributed by atoms with Crippen molar-refractivity contribution in [1.29, 1.82) is 0 Å². The lowest BCUT2D eigenvalue weighted by atomic mass is 10.0. The zero-order valence-electron chi connectivity index (χ0n) is 16.7. The number of hydrogen-bond acceptors (Lipinski definition) is 7. The van der Waals surface area contributed by atoms with E-state index in [-0.39, 0.29) is 17.9 Å². The van der Waals surface area contributed by atoms with Crippen LogP contribution in [-0.4, -0.2) is 51.3 Å². The lowest BCUT2D eigenvalue weighted by Crippen LogP contribution is -2.49. The summed E-state index contributed by atoms with van der Waals surface area (Å²) in [4.78, 5) is 12.9. The number of halogens is 1. The Balaban J connectivity index is 1.73. The van der Waals surface area contributed by atoms with Gasteiger partial charge in [-0.1, -0.05) is 0 Å². The number of anilines is 2. The van der Waals surface area contributed by atoms with Gasteiger partial charge in [-0.3, -0.25) is 4.99 Å². The quantitative estimate of drug-likeness (QED) is 0.655. The molecule has 1 aliphatic rings. The number of nitrogens with two attached hydrogens (primary N) is 1. The van der Waals surface area contributed by atoms with Crippen molar-refractivity contribution in [2.75, 3.05) is 18.9 Å². The smallest absolute Gasteiger partial charge is 0.226 e. The predicted octanol–water partition coefficient (Wildman–Crippen LogP) is 2.06. The number of benzene rings is 1. The maximum Gasteiger partial charge on any atom is 0.226 e. The lowest BCUT2D eigenvalue weighted by Gasteiger charge is -2.26. The summed E-state index contributed by atoms with van der Waals surface area (Å²) >= 11 is 0. The van der Waals surface area contributed by atoms with Crippen molar-refractivity contribution in [3.63, 3.8) is 0 Å². The molecule has 158 valence electrons. The fraction of sp³-hybridized carbons (Fsp3) is 0.316. The van der Waals surface area contributed by atoms with Gasteiger partial charge in [-0.05, 0) is 32.0 Å². The number of sulfonamides is 1. The van der Waals surface area contributed by atoms with Crippen LogP contribution in [0, 0.1) is 5.82 Å². The fourth-order valence-corrected chi connectivity index (χ4v) is 4.79. The molecule has 0 radical (unpaired) electrons. The number of imidazole rings is 1. The molecule has 1 atom stereocenters. The van der Waals surface area contributed by atoms with Gasteiger partial charge in [0, 0.05) is 49.6 Å². The van der Waals surface area contributed by atoms with Gasteiger partial charge in [0.2, 0.25) is 10.0 Å². The molecular weight excluding hydrogens is 409 g/mol. The minimum absolute atomic E-state index is 0.0269. The number of nitrogens with zero attached hydrogens (tertiary/aromatic N) is 5. The summed E-state index contributed by atoms with van der Waals surface area (Å²) in [6.07, 6.45) is 6.84. The van der Waals surface area contributed by atoms with Crippen LogP contribution in [0.3, 0.4) is 0 Å². The molecule has 0 saturated heterocycles. The average molecular weight is 431 g/mol. The molecule has 1 unspecified atom stereocenters. The fourth-order valence-electron chi connectivity index (χ4n) is 3.35. The molecule has 4 rings (SSSR count). The van der Waals surface area contributed by atoms with E-state index in [0.717, 1.165) is 0 Å². The molecule has 2 aromatic heterocycles. The van der Waals surface area contributed by atoms with Gasteiger partial charge in [-0.25, -0.2) is 27.1 Å². The second-order valence-electron chi connectivity index (χ2n) is 7.62. The summed E-state index contributed by atoms with van der Waals surface area (Å²) in [6, 6.07) is 3.67. The van der Waals surface area contributed by atoms with E-state index in [1.54, 1.807) is 41.3 Å². The number of amidine groups is 1. The van der Waals surface area contributed by atoms with Crippen LogP contribution in [0.5, 0.6) is 0 Å². The van der Waals surface area contributed by atoms with Crippen LogP contribution in [-0.2, 0) is 10.0 Å². The Morgan fingerprint density at radius 3 is 2.67 bits per heavy atom. The molecule has 9 nitrogen and oxygen atoms in total. The van der Waals surface area contributed by atoms with Crippen molar-refractivity contribution in [3.8, 4) is 0 Å². The molecule has 11 heteroatoms. The van der Waals surface area contributed by atoms with Crippen molar-refractivity contribution in [1.82, 2.24) is 18.7 Å². The molecule has 3 aromatic rings. The van der Waals surface area contributed by atoms with Crippen LogP contribution in [0.2, 0.25) is 0 Å². The van der Waals surface area contributed by atoms with Crippen LogP contribution < -0.4 is 11.1 Å². The van der Waals surface area contributed by atoms with Crippen LogP contribution in [0.1, 0.15) is 25.5 Å². The van der Waals surface area contributed by atoms with E-state index in [2.05, 4.69) is 20.3 Å². The topological polar surface area (TPSA) is 118 Å². The van der Waals surface area contributed by atoms with Crippen molar-refractivity contribution in [3.05, 3.63) is 54.4 Å². The Kier molecular flexibility index (Phi) is 4.74. The van der Waals surface area contributed by atoms with Gasteiger partial charge in [-0.2, -0.15) is 0 Å². The number of fused-ring (bicyclic) bond motifs is 1. The summed E-state index contributed by atoms with van der Waals surface area (Å²) in [6.45, 7) is 2.96. The minimum Gasteiger partial charge on any atom is -0.386 e. The second kappa shape index (κ2) is 7.03. The molecule has 1 aliphatic heterocycles. The van der Waals surface area contributed by atoms with E-state index in [4.69, 9.17) is 5.73 Å². The standard InChI is InChI=1S/C19H22FN7O2S/c1-19(2)18(21)25-15(11-26(3)30(19,28)29)13-10-12(4-5-14(13)20)24-16-17-23-7-9-27(17)8-6-22-16/h4-10,15H,11H2,1-3H3,(H2,21,25)(H,22,24). The van der Waals surface area contributed by atoms with E-state index in [9.17, 15) is 12.8 Å². The summed E-state index contributed by atoms with van der Waals surface area (Å²) in [5.74, 6) is -0.0530. The van der Waals surface area contributed by atoms with E-state index in [0.29, 0.717) is 17.2 Å². The van der Waals surface area contributed by atoms with Crippen molar-refractivity contribution in [2.45, 2.75) is 24.6 Å². The molecule has 0 fully saturated rings. The maximum absolute atomic E-state index is 14.7.